The van der Waals surface area contributed by atoms with Crippen molar-refractivity contribution in [3.05, 3.63) is 45.3 Å². The number of carbonyl (C=O) groups excluding carboxylic acids is 3. The number of likely N-dealkylation sites (N-methyl/N-ethyl adjacent to an activating group) is 1. The molecule has 5 atom stereocenters. The molecule has 2 fully saturated rings. The molecular weight excluding hydrogens is 484 g/mol. The maximum Gasteiger partial charge on any atom is 0.211 e. The molecule has 0 aliphatic heterocycles. The van der Waals surface area contributed by atoms with E-state index in [-0.39, 0.29) is 22.6 Å². The third-order valence-electron chi connectivity index (χ3n) is 7.28. The molecule has 0 saturated heterocycles. The van der Waals surface area contributed by atoms with Crippen LogP contribution in [-0.4, -0.2) is 85.4 Å². The van der Waals surface area contributed by atoms with Crippen molar-refractivity contribution in [2.45, 2.75) is 30.6 Å². The van der Waals surface area contributed by atoms with Gasteiger partial charge in [0.1, 0.15) is 23.8 Å². The predicted molar refractivity (Wildman–Crippen MR) is 121 cm³/mol. The summed E-state index contributed by atoms with van der Waals surface area (Å²) < 4.78 is 0. The number of Topliss-reactive ketones (excluding diaryl/α,β-unsaturated/α-hetero) is 3. The van der Waals surface area contributed by atoms with Crippen molar-refractivity contribution >= 4 is 34.7 Å². The van der Waals surface area contributed by atoms with Gasteiger partial charge in [0.05, 0.1) is 17.2 Å². The fraction of sp³-hybridized carbons (Fsp3) is 0.435. The molecule has 1 aromatic rings. The highest BCUT2D eigenvalue weighted by Crippen LogP contribution is 2.57. The van der Waals surface area contributed by atoms with Crippen molar-refractivity contribution in [2.24, 2.45) is 11.8 Å². The summed E-state index contributed by atoms with van der Waals surface area (Å²) in [6.45, 7) is 0.484. The summed E-state index contributed by atoms with van der Waals surface area (Å²) in [7, 11) is 2.95. The number of nitrogens with one attached hydrogen (secondary N) is 1. The molecular formula is C23H25ClN2O9. The molecule has 0 heterocycles. The summed E-state index contributed by atoms with van der Waals surface area (Å²) >= 11 is 6.29. The molecule has 4 rings (SSSR count). The molecule has 12 heteroatoms. The summed E-state index contributed by atoms with van der Waals surface area (Å²) in [5, 5.41) is 66.0. The van der Waals surface area contributed by atoms with Crippen LogP contribution in [0.3, 0.4) is 0 Å². The zero-order valence-corrected chi connectivity index (χ0v) is 19.8. The van der Waals surface area contributed by atoms with E-state index in [1.807, 2.05) is 5.32 Å². The average Bonchev–Trinajstić information content (AvgIpc) is 2.76. The van der Waals surface area contributed by atoms with Gasteiger partial charge in [0.15, 0.2) is 11.4 Å². The molecule has 0 radical (unpaired) electrons. The number of hydrogen-bond donors (Lipinski definition) is 7. The quantitative estimate of drug-likeness (QED) is 0.0946. The predicted octanol–water partition coefficient (Wildman–Crippen LogP) is -0.137. The molecule has 35 heavy (non-hydrogen) atoms. The first-order chi connectivity index (χ1) is 16.2. The normalized spacial score (nSPS) is 33.9. The lowest BCUT2D eigenvalue weighted by Gasteiger charge is -2.53. The highest BCUT2D eigenvalue weighted by Gasteiger charge is 2.68. The number of phenols is 1. The Morgan fingerprint density at radius 3 is 2.37 bits per heavy atom. The van der Waals surface area contributed by atoms with Gasteiger partial charge in [-0.1, -0.05) is 11.6 Å². The van der Waals surface area contributed by atoms with Crippen molar-refractivity contribution in [3.63, 3.8) is 0 Å². The topological polar surface area (TPSA) is 188 Å². The zero-order valence-electron chi connectivity index (χ0n) is 19.0. The lowest BCUT2D eigenvalue weighted by atomic mass is 9.53. The number of nitrogens with zero attached hydrogens (tertiary/aromatic N) is 1. The van der Waals surface area contributed by atoms with Crippen molar-refractivity contribution in [1.29, 1.82) is 0 Å². The van der Waals surface area contributed by atoms with Crippen LogP contribution >= 0.6 is 11.6 Å². The number of aromatic hydroxyl groups is 1. The average molecular weight is 509 g/mol. The monoisotopic (exact) mass is 508 g/mol. The maximum absolute atomic E-state index is 13.8. The van der Waals surface area contributed by atoms with Crippen LogP contribution in [0.5, 0.6) is 5.75 Å². The number of carbonyl (C=O) groups is 3. The number of rotatable bonds is 3. The Hall–Kier alpha value is -2.96. The van der Waals surface area contributed by atoms with Gasteiger partial charge in [-0.25, -0.2) is 0 Å². The number of aliphatic hydroxyl groups excluding tert-OH is 3. The van der Waals surface area contributed by atoms with Crippen molar-refractivity contribution < 1.29 is 45.0 Å². The standard InChI is InChI=1S/C23H25ClN2O9/c1-22(34)8-6-9-16(26(2)3)18(30)14(21(33)25-7-27)20(32)23(9,35)19(31)12(8)17(29)13-11(28)5-4-10(24)15(13)22/h4-5,8-9,16,25,27-29,33-35H,6-7H2,1-3H3/b21-14-/t8-,9-,16-,22-,23-/m0/s1. The summed E-state index contributed by atoms with van der Waals surface area (Å²) in [4.78, 5) is 41.9. The molecule has 0 amide bonds. The van der Waals surface area contributed by atoms with E-state index in [0.29, 0.717) is 0 Å². The minimum atomic E-state index is -2.90. The molecule has 0 bridgehead atoms. The van der Waals surface area contributed by atoms with Crippen LogP contribution in [0.2, 0.25) is 5.02 Å². The molecule has 0 unspecified atom stereocenters. The number of aliphatic hydroxyl groups is 5. The second-order valence-corrected chi connectivity index (χ2v) is 9.78. The van der Waals surface area contributed by atoms with Gasteiger partial charge < -0.3 is 36.0 Å². The van der Waals surface area contributed by atoms with Gasteiger partial charge in [0.2, 0.25) is 17.4 Å². The summed E-state index contributed by atoms with van der Waals surface area (Å²) in [5.74, 6) is -8.43. The number of hydrogen-bond acceptors (Lipinski definition) is 11. The van der Waals surface area contributed by atoms with Crippen LogP contribution < -0.4 is 5.32 Å². The first-order valence-corrected chi connectivity index (χ1v) is 11.1. The van der Waals surface area contributed by atoms with Crippen LogP contribution in [0, 0.1) is 11.8 Å². The number of benzene rings is 1. The minimum Gasteiger partial charge on any atom is -0.507 e. The Morgan fingerprint density at radius 1 is 1.17 bits per heavy atom. The van der Waals surface area contributed by atoms with Gasteiger partial charge in [-0.15, -0.1) is 0 Å². The molecule has 0 spiro atoms. The summed E-state index contributed by atoms with van der Waals surface area (Å²) in [6, 6.07) is 1.18. The summed E-state index contributed by atoms with van der Waals surface area (Å²) in [6.07, 6.45) is -0.304. The maximum atomic E-state index is 13.8. The summed E-state index contributed by atoms with van der Waals surface area (Å²) in [5.41, 5.74) is -6.60. The van der Waals surface area contributed by atoms with Gasteiger partial charge in [-0.3, -0.25) is 19.3 Å². The van der Waals surface area contributed by atoms with Crippen LogP contribution in [0.25, 0.3) is 5.76 Å². The Balaban J connectivity index is 2.03. The third-order valence-corrected chi connectivity index (χ3v) is 7.60. The first kappa shape index (κ1) is 25.1. The largest absolute Gasteiger partial charge is 0.507 e. The van der Waals surface area contributed by atoms with Crippen LogP contribution in [-0.2, 0) is 20.0 Å². The van der Waals surface area contributed by atoms with Gasteiger partial charge in [0, 0.05) is 28.0 Å². The van der Waals surface area contributed by atoms with Crippen molar-refractivity contribution in [2.75, 3.05) is 20.8 Å². The van der Waals surface area contributed by atoms with E-state index in [9.17, 15) is 39.9 Å². The van der Waals surface area contributed by atoms with Gasteiger partial charge in [0.25, 0.3) is 0 Å². The zero-order chi connectivity index (χ0) is 26.2. The van der Waals surface area contributed by atoms with Gasteiger partial charge in [-0.2, -0.15) is 0 Å². The van der Waals surface area contributed by atoms with Gasteiger partial charge >= 0.3 is 0 Å². The lowest BCUT2D eigenvalue weighted by Crippen LogP contribution is -2.70. The lowest BCUT2D eigenvalue weighted by molar-refractivity contribution is -0.169. The number of fused-ring (bicyclic) bond motifs is 3. The van der Waals surface area contributed by atoms with Crippen LogP contribution in [0.4, 0.5) is 0 Å². The molecule has 3 aliphatic carbocycles. The van der Waals surface area contributed by atoms with E-state index in [0.717, 1.165) is 6.07 Å². The number of halogens is 1. The van der Waals surface area contributed by atoms with Crippen LogP contribution in [0.1, 0.15) is 24.5 Å². The van der Waals surface area contributed by atoms with Crippen molar-refractivity contribution in [1.82, 2.24) is 10.2 Å². The highest BCUT2D eigenvalue weighted by molar-refractivity contribution is 6.36. The minimum absolute atomic E-state index is 0.00635. The highest BCUT2D eigenvalue weighted by atomic mass is 35.5. The Kier molecular flexibility index (Phi) is 5.77. The van der Waals surface area contributed by atoms with E-state index in [2.05, 4.69) is 0 Å². The molecule has 188 valence electrons. The molecule has 2 saturated carbocycles. The van der Waals surface area contributed by atoms with E-state index in [4.69, 9.17) is 16.7 Å². The fourth-order valence-corrected chi connectivity index (χ4v) is 6.06. The second kappa shape index (κ2) is 8.04. The Bertz CT molecular complexity index is 1240. The Labute approximate surface area is 204 Å². The molecule has 3 aliphatic rings. The third kappa shape index (κ3) is 3.16. The Morgan fingerprint density at radius 2 is 1.80 bits per heavy atom. The molecule has 7 N–H and O–H groups in total. The van der Waals surface area contributed by atoms with E-state index in [1.165, 1.54) is 32.0 Å². The molecule has 0 aromatic heterocycles. The number of ketones is 3. The van der Waals surface area contributed by atoms with Gasteiger partial charge in [-0.05, 0) is 39.6 Å². The van der Waals surface area contributed by atoms with Crippen molar-refractivity contribution in [3.8, 4) is 5.75 Å². The van der Waals surface area contributed by atoms with E-state index < -0.39 is 81.7 Å². The fourth-order valence-electron chi connectivity index (χ4n) is 5.71. The number of phenolic OH excluding ortho intramolecular Hbond substituents is 1. The van der Waals surface area contributed by atoms with E-state index in [1.54, 1.807) is 0 Å². The first-order valence-electron chi connectivity index (χ1n) is 10.7. The van der Waals surface area contributed by atoms with Crippen LogP contribution in [0.15, 0.2) is 29.2 Å². The smallest absolute Gasteiger partial charge is 0.211 e. The SMILES string of the molecule is CN(C)[C@@H]1C(=O)/C(=C(/O)NCO)C(=O)[C@@]2(O)C(=O)C3=C(O)c4c(O)ccc(Cl)c4[C@@](C)(O)[C@H]3C[C@@H]12. The molecule has 11 nitrogen and oxygen atoms in total. The molecule has 1 aromatic carbocycles. The second-order valence-electron chi connectivity index (χ2n) is 9.38. The van der Waals surface area contributed by atoms with E-state index >= 15 is 0 Å².